The summed E-state index contributed by atoms with van der Waals surface area (Å²) in [5, 5.41) is 0. The Bertz CT molecular complexity index is 583. The van der Waals surface area contributed by atoms with E-state index in [1.54, 1.807) is 0 Å². The van der Waals surface area contributed by atoms with Crippen molar-refractivity contribution in [2.45, 2.75) is 52.9 Å². The fraction of sp³-hybridized carbons (Fsp3) is 0.421. The highest BCUT2D eigenvalue weighted by Crippen LogP contribution is 2.28. The normalized spacial score (nSPS) is 15.8. The standard InChI is InChI=1S/C19H26N2/c1-4-6-8-12-16(11-5-2)18-19(21-15(3)20-18)17-13-9-7-10-14-17/h8-9,11-14H,4-7,10H2,1-3H3,(H,20,21)/b12-8-,16-11+. The molecule has 0 atom stereocenters. The fourth-order valence-corrected chi connectivity index (χ4v) is 2.55. The van der Waals surface area contributed by atoms with Crippen molar-refractivity contribution < 1.29 is 0 Å². The predicted molar refractivity (Wildman–Crippen MR) is 92.0 cm³/mol. The Kier molecular flexibility index (Phi) is 5.79. The van der Waals surface area contributed by atoms with Gasteiger partial charge in [0.15, 0.2) is 0 Å². The van der Waals surface area contributed by atoms with Gasteiger partial charge in [-0.2, -0.15) is 0 Å². The van der Waals surface area contributed by atoms with Crippen molar-refractivity contribution in [1.82, 2.24) is 9.97 Å². The highest BCUT2D eigenvalue weighted by molar-refractivity contribution is 5.84. The molecule has 0 unspecified atom stereocenters. The first kappa shape index (κ1) is 15.6. The number of nitrogens with one attached hydrogen (secondary N) is 1. The van der Waals surface area contributed by atoms with Gasteiger partial charge >= 0.3 is 0 Å². The second kappa shape index (κ2) is 7.82. The third-order valence-corrected chi connectivity index (χ3v) is 3.56. The Morgan fingerprint density at radius 2 is 2.19 bits per heavy atom. The molecule has 1 heterocycles. The molecule has 0 aliphatic heterocycles. The van der Waals surface area contributed by atoms with Crippen LogP contribution in [-0.4, -0.2) is 9.97 Å². The van der Waals surface area contributed by atoms with Crippen LogP contribution < -0.4 is 0 Å². The Balaban J connectivity index is 2.39. The van der Waals surface area contributed by atoms with Crippen molar-refractivity contribution in [1.29, 1.82) is 0 Å². The lowest BCUT2D eigenvalue weighted by Crippen LogP contribution is -1.92. The molecule has 0 saturated carbocycles. The quantitative estimate of drug-likeness (QED) is 0.676. The summed E-state index contributed by atoms with van der Waals surface area (Å²) in [6, 6.07) is 0. The number of unbranched alkanes of at least 4 members (excludes halogenated alkanes) is 1. The zero-order valence-corrected chi connectivity index (χ0v) is 13.4. The van der Waals surface area contributed by atoms with E-state index < -0.39 is 0 Å². The third-order valence-electron chi connectivity index (χ3n) is 3.56. The number of allylic oxidation sites excluding steroid dienone is 8. The summed E-state index contributed by atoms with van der Waals surface area (Å²) in [6.07, 6.45) is 19.0. The summed E-state index contributed by atoms with van der Waals surface area (Å²) < 4.78 is 0. The number of nitrogens with zero attached hydrogens (tertiary/aromatic N) is 1. The minimum atomic E-state index is 0.978. The molecule has 2 nitrogen and oxygen atoms in total. The average Bonchev–Trinajstić information content (AvgIpc) is 2.89. The maximum absolute atomic E-state index is 4.73. The second-order valence-corrected chi connectivity index (χ2v) is 5.44. The summed E-state index contributed by atoms with van der Waals surface area (Å²) in [6.45, 7) is 6.40. The molecule has 0 amide bonds. The molecule has 2 rings (SSSR count). The molecule has 0 aromatic carbocycles. The molecule has 0 radical (unpaired) electrons. The average molecular weight is 282 g/mol. The lowest BCUT2D eigenvalue weighted by Gasteiger charge is -2.08. The van der Waals surface area contributed by atoms with Gasteiger partial charge < -0.3 is 4.98 Å². The molecule has 0 fully saturated rings. The molecule has 1 aromatic rings. The number of aryl methyl sites for hydroxylation is 1. The smallest absolute Gasteiger partial charge is 0.104 e. The van der Waals surface area contributed by atoms with E-state index in [0.29, 0.717) is 0 Å². The van der Waals surface area contributed by atoms with Gasteiger partial charge in [0.05, 0.1) is 11.4 Å². The van der Waals surface area contributed by atoms with Crippen LogP contribution >= 0.6 is 0 Å². The molecule has 0 saturated heterocycles. The molecule has 0 spiro atoms. The number of hydrogen-bond acceptors (Lipinski definition) is 1. The highest BCUT2D eigenvalue weighted by atomic mass is 14.9. The molecule has 1 aromatic heterocycles. The summed E-state index contributed by atoms with van der Waals surface area (Å²) in [4.78, 5) is 8.17. The van der Waals surface area contributed by atoms with E-state index in [9.17, 15) is 0 Å². The highest BCUT2D eigenvalue weighted by Gasteiger charge is 2.14. The van der Waals surface area contributed by atoms with Crippen LogP contribution in [0.3, 0.4) is 0 Å². The van der Waals surface area contributed by atoms with Gasteiger partial charge in [-0.05, 0) is 43.8 Å². The molecular formula is C19H26N2. The maximum Gasteiger partial charge on any atom is 0.104 e. The minimum Gasteiger partial charge on any atom is -0.342 e. The van der Waals surface area contributed by atoms with E-state index in [2.05, 4.69) is 55.3 Å². The van der Waals surface area contributed by atoms with Crippen molar-refractivity contribution in [3.63, 3.8) is 0 Å². The van der Waals surface area contributed by atoms with Crippen LogP contribution in [0.5, 0.6) is 0 Å². The lowest BCUT2D eigenvalue weighted by molar-refractivity contribution is 0.959. The SMILES string of the molecule is CC/C=C(\C=C/CCC)c1nc(C)[nH]c1C1=CCCC=C1. The number of hydrogen-bond donors (Lipinski definition) is 1. The first-order chi connectivity index (χ1) is 10.3. The number of aromatic nitrogens is 2. The topological polar surface area (TPSA) is 28.7 Å². The van der Waals surface area contributed by atoms with Gasteiger partial charge in [-0.15, -0.1) is 0 Å². The van der Waals surface area contributed by atoms with Crippen molar-refractivity contribution in [3.8, 4) is 0 Å². The molecule has 2 heteroatoms. The van der Waals surface area contributed by atoms with E-state index in [-0.39, 0.29) is 0 Å². The summed E-state index contributed by atoms with van der Waals surface area (Å²) >= 11 is 0. The number of imidazole rings is 1. The molecule has 1 aliphatic rings. The van der Waals surface area contributed by atoms with Crippen molar-refractivity contribution in [2.24, 2.45) is 0 Å². The molecule has 112 valence electrons. The van der Waals surface area contributed by atoms with Crippen molar-refractivity contribution in [2.75, 3.05) is 0 Å². The van der Waals surface area contributed by atoms with Crippen LogP contribution in [0.4, 0.5) is 0 Å². The van der Waals surface area contributed by atoms with Gasteiger partial charge in [0.25, 0.3) is 0 Å². The van der Waals surface area contributed by atoms with Gasteiger partial charge in [0.2, 0.25) is 0 Å². The van der Waals surface area contributed by atoms with Gasteiger partial charge in [-0.1, -0.05) is 56.7 Å². The Hall–Kier alpha value is -1.83. The molecule has 21 heavy (non-hydrogen) atoms. The van der Waals surface area contributed by atoms with Crippen LogP contribution in [0.1, 0.15) is 63.2 Å². The third kappa shape index (κ3) is 4.07. The molecular weight excluding hydrogens is 256 g/mol. The Morgan fingerprint density at radius 1 is 1.33 bits per heavy atom. The predicted octanol–water partition coefficient (Wildman–Crippen LogP) is 5.60. The van der Waals surface area contributed by atoms with E-state index >= 15 is 0 Å². The van der Waals surface area contributed by atoms with E-state index in [0.717, 1.165) is 42.9 Å². The molecule has 1 N–H and O–H groups in total. The van der Waals surface area contributed by atoms with Gasteiger partial charge in [-0.25, -0.2) is 4.98 Å². The zero-order chi connectivity index (χ0) is 15.1. The lowest BCUT2D eigenvalue weighted by atomic mass is 9.99. The molecule has 0 bridgehead atoms. The van der Waals surface area contributed by atoms with Gasteiger partial charge in [0.1, 0.15) is 5.82 Å². The number of aromatic amines is 1. The minimum absolute atomic E-state index is 0.978. The summed E-state index contributed by atoms with van der Waals surface area (Å²) in [5.74, 6) is 0.978. The largest absolute Gasteiger partial charge is 0.342 e. The molecule has 1 aliphatic carbocycles. The van der Waals surface area contributed by atoms with Crippen LogP contribution in [0.2, 0.25) is 0 Å². The summed E-state index contributed by atoms with van der Waals surface area (Å²) in [5.41, 5.74) is 4.73. The van der Waals surface area contributed by atoms with E-state index in [1.165, 1.54) is 17.6 Å². The van der Waals surface area contributed by atoms with Gasteiger partial charge in [0, 0.05) is 0 Å². The Morgan fingerprint density at radius 3 is 2.86 bits per heavy atom. The summed E-state index contributed by atoms with van der Waals surface area (Å²) in [7, 11) is 0. The number of H-pyrrole nitrogens is 1. The maximum atomic E-state index is 4.73. The van der Waals surface area contributed by atoms with Gasteiger partial charge in [-0.3, -0.25) is 0 Å². The van der Waals surface area contributed by atoms with Crippen molar-refractivity contribution >= 4 is 11.1 Å². The first-order valence-corrected chi connectivity index (χ1v) is 8.07. The second-order valence-electron chi connectivity index (χ2n) is 5.44. The monoisotopic (exact) mass is 282 g/mol. The van der Waals surface area contributed by atoms with E-state index in [1.807, 2.05) is 6.92 Å². The van der Waals surface area contributed by atoms with Crippen molar-refractivity contribution in [3.05, 3.63) is 53.7 Å². The van der Waals surface area contributed by atoms with E-state index in [4.69, 9.17) is 4.98 Å². The first-order valence-electron chi connectivity index (χ1n) is 8.07. The Labute approximate surface area is 128 Å². The zero-order valence-electron chi connectivity index (χ0n) is 13.4. The fourth-order valence-electron chi connectivity index (χ4n) is 2.55. The van der Waals surface area contributed by atoms with Crippen LogP contribution in [-0.2, 0) is 0 Å². The number of rotatable bonds is 6. The van der Waals surface area contributed by atoms with Crippen LogP contribution in [0.25, 0.3) is 11.1 Å². The van der Waals surface area contributed by atoms with Crippen LogP contribution in [0, 0.1) is 6.92 Å². The van der Waals surface area contributed by atoms with Crippen LogP contribution in [0.15, 0.2) is 36.5 Å².